The summed E-state index contributed by atoms with van der Waals surface area (Å²) >= 11 is 0. The standard InChI is InChI=1S/C14H30O6/c1-5-14(20-8-13(4)17,9-18-6-11(2)15)10-19-7-12(3)16/h11-13,15-17H,5-10H2,1-4H3. The van der Waals surface area contributed by atoms with Crippen molar-refractivity contribution < 1.29 is 29.5 Å². The van der Waals surface area contributed by atoms with Crippen LogP contribution in [0.25, 0.3) is 0 Å². The number of aliphatic hydroxyl groups is 3. The normalized spacial score (nSPS) is 19.4. The monoisotopic (exact) mass is 294 g/mol. The molecule has 0 heterocycles. The molecular weight excluding hydrogens is 264 g/mol. The van der Waals surface area contributed by atoms with E-state index in [0.29, 0.717) is 6.42 Å². The van der Waals surface area contributed by atoms with Crippen LogP contribution >= 0.6 is 0 Å². The second kappa shape index (κ2) is 10.5. The number of ether oxygens (including phenoxy) is 3. The van der Waals surface area contributed by atoms with Crippen LogP contribution in [0.4, 0.5) is 0 Å². The molecule has 0 aliphatic heterocycles. The van der Waals surface area contributed by atoms with Gasteiger partial charge in [-0.25, -0.2) is 0 Å². The van der Waals surface area contributed by atoms with Gasteiger partial charge in [0.2, 0.25) is 0 Å². The zero-order valence-corrected chi connectivity index (χ0v) is 13.0. The van der Waals surface area contributed by atoms with Crippen molar-refractivity contribution in [3.63, 3.8) is 0 Å². The van der Waals surface area contributed by atoms with Crippen molar-refractivity contribution in [2.45, 2.75) is 58.0 Å². The van der Waals surface area contributed by atoms with Gasteiger partial charge < -0.3 is 29.5 Å². The topological polar surface area (TPSA) is 88.4 Å². The number of hydrogen-bond donors (Lipinski definition) is 3. The third kappa shape index (κ3) is 9.63. The van der Waals surface area contributed by atoms with Gasteiger partial charge in [0, 0.05) is 0 Å². The van der Waals surface area contributed by atoms with Gasteiger partial charge in [-0.05, 0) is 27.2 Å². The molecule has 0 spiro atoms. The molecule has 0 aromatic rings. The minimum Gasteiger partial charge on any atom is -0.391 e. The highest BCUT2D eigenvalue weighted by molar-refractivity contribution is 4.80. The maximum Gasteiger partial charge on any atom is 0.114 e. The summed E-state index contributed by atoms with van der Waals surface area (Å²) in [6.07, 6.45) is -1.02. The summed E-state index contributed by atoms with van der Waals surface area (Å²) in [5, 5.41) is 27.8. The Hall–Kier alpha value is -0.240. The first-order chi connectivity index (χ1) is 9.31. The van der Waals surface area contributed by atoms with E-state index in [1.165, 1.54) is 0 Å². The van der Waals surface area contributed by atoms with Crippen molar-refractivity contribution in [3.8, 4) is 0 Å². The molecule has 0 aromatic heterocycles. The lowest BCUT2D eigenvalue weighted by atomic mass is 10.0. The molecule has 6 heteroatoms. The zero-order valence-electron chi connectivity index (χ0n) is 13.0. The largest absolute Gasteiger partial charge is 0.391 e. The van der Waals surface area contributed by atoms with Crippen LogP contribution in [-0.2, 0) is 14.2 Å². The predicted molar refractivity (Wildman–Crippen MR) is 75.7 cm³/mol. The third-order valence-corrected chi connectivity index (χ3v) is 2.72. The lowest BCUT2D eigenvalue weighted by Gasteiger charge is -2.33. The van der Waals surface area contributed by atoms with Crippen molar-refractivity contribution in [1.82, 2.24) is 0 Å². The summed E-state index contributed by atoms with van der Waals surface area (Å²) in [4.78, 5) is 0. The lowest BCUT2D eigenvalue weighted by Crippen LogP contribution is -2.44. The van der Waals surface area contributed by atoms with Crippen LogP contribution < -0.4 is 0 Å². The van der Waals surface area contributed by atoms with Gasteiger partial charge in [-0.2, -0.15) is 0 Å². The van der Waals surface area contributed by atoms with Gasteiger partial charge in [0.25, 0.3) is 0 Å². The molecule has 0 fully saturated rings. The maximum atomic E-state index is 9.35. The average molecular weight is 294 g/mol. The Kier molecular flexibility index (Phi) is 10.4. The molecule has 0 amide bonds. The van der Waals surface area contributed by atoms with E-state index in [0.717, 1.165) is 0 Å². The Morgan fingerprint density at radius 2 is 1.20 bits per heavy atom. The van der Waals surface area contributed by atoms with Gasteiger partial charge >= 0.3 is 0 Å². The minimum absolute atomic E-state index is 0.184. The van der Waals surface area contributed by atoms with E-state index in [4.69, 9.17) is 14.2 Å². The molecule has 0 aliphatic rings. The smallest absolute Gasteiger partial charge is 0.114 e. The van der Waals surface area contributed by atoms with Crippen LogP contribution in [0.5, 0.6) is 0 Å². The number of aliphatic hydroxyl groups excluding tert-OH is 3. The highest BCUT2D eigenvalue weighted by Gasteiger charge is 2.31. The molecule has 20 heavy (non-hydrogen) atoms. The second-order valence-electron chi connectivity index (χ2n) is 5.42. The number of rotatable bonds is 12. The van der Waals surface area contributed by atoms with Crippen LogP contribution in [0.1, 0.15) is 34.1 Å². The fourth-order valence-corrected chi connectivity index (χ4v) is 1.56. The molecule has 0 radical (unpaired) electrons. The Morgan fingerprint density at radius 3 is 1.50 bits per heavy atom. The molecule has 0 aliphatic carbocycles. The van der Waals surface area contributed by atoms with E-state index in [1.807, 2.05) is 6.92 Å². The Morgan fingerprint density at radius 1 is 0.800 bits per heavy atom. The summed E-state index contributed by atoms with van der Waals surface area (Å²) < 4.78 is 16.6. The summed E-state index contributed by atoms with van der Waals surface area (Å²) in [6, 6.07) is 0. The van der Waals surface area contributed by atoms with E-state index in [-0.39, 0.29) is 33.0 Å². The van der Waals surface area contributed by atoms with Gasteiger partial charge in [0.05, 0.1) is 51.3 Å². The summed E-state index contributed by atoms with van der Waals surface area (Å²) in [6.45, 7) is 8.04. The molecule has 3 N–H and O–H groups in total. The van der Waals surface area contributed by atoms with E-state index >= 15 is 0 Å². The van der Waals surface area contributed by atoms with Gasteiger partial charge in [-0.3, -0.25) is 0 Å². The molecule has 0 saturated carbocycles. The first kappa shape index (κ1) is 19.8. The molecule has 0 saturated heterocycles. The SMILES string of the molecule is CCC(COCC(C)O)(COCC(C)O)OCC(C)O. The molecule has 0 aromatic carbocycles. The third-order valence-electron chi connectivity index (χ3n) is 2.72. The molecule has 6 nitrogen and oxygen atoms in total. The van der Waals surface area contributed by atoms with Crippen molar-refractivity contribution in [1.29, 1.82) is 0 Å². The van der Waals surface area contributed by atoms with E-state index in [9.17, 15) is 15.3 Å². The number of hydrogen-bond acceptors (Lipinski definition) is 6. The predicted octanol–water partition coefficient (Wildman–Crippen LogP) is 0.327. The quantitative estimate of drug-likeness (QED) is 0.481. The van der Waals surface area contributed by atoms with Crippen molar-refractivity contribution >= 4 is 0 Å². The highest BCUT2D eigenvalue weighted by atomic mass is 16.6. The van der Waals surface area contributed by atoms with Crippen molar-refractivity contribution in [3.05, 3.63) is 0 Å². The van der Waals surface area contributed by atoms with Crippen LogP contribution in [0.15, 0.2) is 0 Å². The Labute approximate surface area is 121 Å². The maximum absolute atomic E-state index is 9.35. The van der Waals surface area contributed by atoms with E-state index in [1.54, 1.807) is 20.8 Å². The van der Waals surface area contributed by atoms with Crippen molar-refractivity contribution in [2.75, 3.05) is 33.0 Å². The molecule has 0 bridgehead atoms. The summed E-state index contributed by atoms with van der Waals surface area (Å²) in [5.41, 5.74) is -0.680. The summed E-state index contributed by atoms with van der Waals surface area (Å²) in [7, 11) is 0. The van der Waals surface area contributed by atoms with Crippen molar-refractivity contribution in [2.24, 2.45) is 0 Å². The van der Waals surface area contributed by atoms with E-state index < -0.39 is 23.9 Å². The minimum atomic E-state index is -0.680. The first-order valence-corrected chi connectivity index (χ1v) is 7.15. The van der Waals surface area contributed by atoms with Crippen LogP contribution in [0.2, 0.25) is 0 Å². The van der Waals surface area contributed by atoms with Gasteiger partial charge in [0.15, 0.2) is 0 Å². The lowest BCUT2D eigenvalue weighted by molar-refractivity contribution is -0.159. The fraction of sp³-hybridized carbons (Fsp3) is 1.00. The van der Waals surface area contributed by atoms with Gasteiger partial charge in [-0.15, -0.1) is 0 Å². The van der Waals surface area contributed by atoms with Crippen LogP contribution in [0, 0.1) is 0 Å². The van der Waals surface area contributed by atoms with Gasteiger partial charge in [-0.1, -0.05) is 6.92 Å². The second-order valence-corrected chi connectivity index (χ2v) is 5.42. The zero-order chi connectivity index (χ0) is 15.6. The molecular formula is C14H30O6. The Bertz CT molecular complexity index is 216. The first-order valence-electron chi connectivity index (χ1n) is 7.15. The fourth-order valence-electron chi connectivity index (χ4n) is 1.56. The average Bonchev–Trinajstić information content (AvgIpc) is 2.34. The Balaban J connectivity index is 4.43. The van der Waals surface area contributed by atoms with Gasteiger partial charge in [0.1, 0.15) is 5.60 Å². The molecule has 3 unspecified atom stereocenters. The highest BCUT2D eigenvalue weighted by Crippen LogP contribution is 2.18. The van der Waals surface area contributed by atoms with Crippen LogP contribution in [0.3, 0.4) is 0 Å². The molecule has 122 valence electrons. The molecule has 3 atom stereocenters. The van der Waals surface area contributed by atoms with E-state index in [2.05, 4.69) is 0 Å². The summed E-state index contributed by atoms with van der Waals surface area (Å²) in [5.74, 6) is 0. The van der Waals surface area contributed by atoms with Crippen LogP contribution in [-0.4, -0.2) is 72.3 Å². The molecule has 0 rings (SSSR count).